The average Bonchev–Trinajstić information content (AvgIpc) is 2.58. The Morgan fingerprint density at radius 2 is 1.72 bits per heavy atom. The third kappa shape index (κ3) is 3.99. The van der Waals surface area contributed by atoms with E-state index in [0.717, 1.165) is 24.3 Å². The molecule has 0 aliphatic carbocycles. The number of nitrogens with one attached hydrogen (secondary N) is 1. The highest BCUT2D eigenvalue weighted by Gasteiger charge is 2.40. The fourth-order valence-corrected chi connectivity index (χ4v) is 2.13. The third-order valence-corrected chi connectivity index (χ3v) is 3.63. The van der Waals surface area contributed by atoms with Gasteiger partial charge in [0.15, 0.2) is 11.6 Å². The molecule has 132 valence electrons. The standard InChI is InChI=1S/C18H16F3NO3/c1-3-16(23)25-18(2,11-8-9-12(19)14(21)10-11)17(24)22-15-7-5-4-6-13(15)20/h4-10H,3H2,1-2H3,(H,22,24). The molecule has 0 bridgehead atoms. The van der Waals surface area contributed by atoms with E-state index < -0.39 is 34.9 Å². The normalized spacial score (nSPS) is 13.0. The number of carbonyl (C=O) groups is 2. The first-order valence-corrected chi connectivity index (χ1v) is 7.51. The van der Waals surface area contributed by atoms with Crippen LogP contribution in [0.2, 0.25) is 0 Å². The second-order valence-electron chi connectivity index (χ2n) is 5.42. The molecule has 0 radical (unpaired) electrons. The van der Waals surface area contributed by atoms with E-state index in [4.69, 9.17) is 4.74 Å². The SMILES string of the molecule is CCC(=O)OC(C)(C(=O)Nc1ccccc1F)c1ccc(F)c(F)c1. The zero-order valence-electron chi connectivity index (χ0n) is 13.6. The van der Waals surface area contributed by atoms with Crippen LogP contribution in [0.3, 0.4) is 0 Å². The Morgan fingerprint density at radius 3 is 2.32 bits per heavy atom. The minimum atomic E-state index is -1.97. The van der Waals surface area contributed by atoms with Crippen molar-refractivity contribution < 1.29 is 27.5 Å². The highest BCUT2D eigenvalue weighted by atomic mass is 19.2. The molecule has 0 heterocycles. The summed E-state index contributed by atoms with van der Waals surface area (Å²) in [5, 5.41) is 2.31. The minimum absolute atomic E-state index is 0.0355. The van der Waals surface area contributed by atoms with Crippen molar-refractivity contribution in [1.82, 2.24) is 0 Å². The van der Waals surface area contributed by atoms with E-state index >= 15 is 0 Å². The number of rotatable bonds is 5. The number of benzene rings is 2. The van der Waals surface area contributed by atoms with Crippen LogP contribution in [0.4, 0.5) is 18.9 Å². The van der Waals surface area contributed by atoms with Crippen molar-refractivity contribution in [3.63, 3.8) is 0 Å². The van der Waals surface area contributed by atoms with Gasteiger partial charge in [0, 0.05) is 12.0 Å². The molecule has 4 nitrogen and oxygen atoms in total. The van der Waals surface area contributed by atoms with E-state index in [0.29, 0.717) is 0 Å². The van der Waals surface area contributed by atoms with Crippen LogP contribution in [0.5, 0.6) is 0 Å². The fraction of sp³-hybridized carbons (Fsp3) is 0.222. The maximum atomic E-state index is 13.8. The Bertz CT molecular complexity index is 810. The zero-order chi connectivity index (χ0) is 18.6. The second-order valence-corrected chi connectivity index (χ2v) is 5.42. The summed E-state index contributed by atoms with van der Waals surface area (Å²) in [6.07, 6.45) is -0.0355. The van der Waals surface area contributed by atoms with Gasteiger partial charge in [0.1, 0.15) is 5.82 Å². The van der Waals surface area contributed by atoms with Crippen molar-refractivity contribution in [3.8, 4) is 0 Å². The summed E-state index contributed by atoms with van der Waals surface area (Å²) in [6, 6.07) is 8.12. The first kappa shape index (κ1) is 18.5. The van der Waals surface area contributed by atoms with Crippen molar-refractivity contribution in [2.24, 2.45) is 0 Å². The zero-order valence-corrected chi connectivity index (χ0v) is 13.6. The maximum Gasteiger partial charge on any atom is 0.306 e. The summed E-state index contributed by atoms with van der Waals surface area (Å²) < 4.78 is 45.7. The predicted molar refractivity (Wildman–Crippen MR) is 85.1 cm³/mol. The summed E-state index contributed by atoms with van der Waals surface area (Å²) >= 11 is 0. The number of hydrogen-bond donors (Lipinski definition) is 1. The quantitative estimate of drug-likeness (QED) is 0.831. The number of amides is 1. The van der Waals surface area contributed by atoms with Gasteiger partial charge in [-0.3, -0.25) is 9.59 Å². The lowest BCUT2D eigenvalue weighted by molar-refractivity contribution is -0.165. The molecule has 2 aromatic carbocycles. The number of esters is 1. The van der Waals surface area contributed by atoms with E-state index in [1.165, 1.54) is 32.0 Å². The molecule has 0 fully saturated rings. The first-order valence-electron chi connectivity index (χ1n) is 7.51. The molecular formula is C18H16F3NO3. The molecule has 0 spiro atoms. The van der Waals surface area contributed by atoms with Crippen LogP contribution in [0, 0.1) is 17.5 Å². The summed E-state index contributed by atoms with van der Waals surface area (Å²) in [5.41, 5.74) is -2.18. The number of ether oxygens (including phenoxy) is 1. The number of para-hydroxylation sites is 1. The lowest BCUT2D eigenvalue weighted by atomic mass is 9.94. The van der Waals surface area contributed by atoms with Gasteiger partial charge < -0.3 is 10.1 Å². The molecule has 0 aromatic heterocycles. The van der Waals surface area contributed by atoms with Crippen LogP contribution in [0.1, 0.15) is 25.8 Å². The highest BCUT2D eigenvalue weighted by Crippen LogP contribution is 2.29. The van der Waals surface area contributed by atoms with Crippen molar-refractivity contribution >= 4 is 17.6 Å². The molecule has 7 heteroatoms. The highest BCUT2D eigenvalue weighted by molar-refractivity contribution is 5.99. The van der Waals surface area contributed by atoms with Crippen molar-refractivity contribution in [1.29, 1.82) is 0 Å². The van der Waals surface area contributed by atoms with Gasteiger partial charge >= 0.3 is 5.97 Å². The monoisotopic (exact) mass is 351 g/mol. The average molecular weight is 351 g/mol. The van der Waals surface area contributed by atoms with Gasteiger partial charge in [-0.15, -0.1) is 0 Å². The van der Waals surface area contributed by atoms with E-state index in [-0.39, 0.29) is 17.7 Å². The number of hydrogen-bond acceptors (Lipinski definition) is 3. The largest absolute Gasteiger partial charge is 0.444 e. The molecule has 25 heavy (non-hydrogen) atoms. The first-order chi connectivity index (χ1) is 11.8. The molecule has 2 rings (SSSR count). The van der Waals surface area contributed by atoms with Crippen molar-refractivity contribution in [2.45, 2.75) is 25.9 Å². The molecule has 0 saturated heterocycles. The van der Waals surface area contributed by atoms with Gasteiger partial charge in [-0.05, 0) is 31.2 Å². The van der Waals surface area contributed by atoms with E-state index in [9.17, 15) is 22.8 Å². The smallest absolute Gasteiger partial charge is 0.306 e. The Morgan fingerprint density at radius 1 is 1.04 bits per heavy atom. The number of halogens is 3. The van der Waals surface area contributed by atoms with Gasteiger partial charge in [-0.2, -0.15) is 0 Å². The third-order valence-electron chi connectivity index (χ3n) is 3.63. The van der Waals surface area contributed by atoms with Crippen LogP contribution in [0.15, 0.2) is 42.5 Å². The Labute approximate surface area is 142 Å². The summed E-state index contributed by atoms with van der Waals surface area (Å²) in [4.78, 5) is 24.4. The molecule has 2 aromatic rings. The molecule has 0 aliphatic rings. The molecule has 1 atom stereocenters. The van der Waals surface area contributed by atoms with Gasteiger partial charge in [0.05, 0.1) is 5.69 Å². The van der Waals surface area contributed by atoms with Crippen LogP contribution in [-0.4, -0.2) is 11.9 Å². The number of carbonyl (C=O) groups excluding carboxylic acids is 2. The summed E-state index contributed by atoms with van der Waals surface area (Å²) in [7, 11) is 0. The molecule has 0 aliphatic heterocycles. The molecular weight excluding hydrogens is 335 g/mol. The summed E-state index contributed by atoms with van der Waals surface area (Å²) in [6.45, 7) is 2.74. The predicted octanol–water partition coefficient (Wildman–Crippen LogP) is 3.91. The van der Waals surface area contributed by atoms with Gasteiger partial charge in [-0.1, -0.05) is 25.1 Å². The van der Waals surface area contributed by atoms with Crippen LogP contribution < -0.4 is 5.32 Å². The second kappa shape index (κ2) is 7.38. The van der Waals surface area contributed by atoms with Gasteiger partial charge in [0.2, 0.25) is 5.60 Å². The molecule has 1 N–H and O–H groups in total. The Hall–Kier alpha value is -2.83. The lowest BCUT2D eigenvalue weighted by Crippen LogP contribution is -2.42. The molecule has 1 unspecified atom stereocenters. The van der Waals surface area contributed by atoms with E-state index in [2.05, 4.69) is 5.32 Å². The van der Waals surface area contributed by atoms with Crippen LogP contribution in [-0.2, 0) is 19.9 Å². The number of anilines is 1. The molecule has 0 saturated carbocycles. The van der Waals surface area contributed by atoms with E-state index in [1.54, 1.807) is 0 Å². The maximum absolute atomic E-state index is 13.8. The van der Waals surface area contributed by atoms with Crippen molar-refractivity contribution in [3.05, 3.63) is 65.5 Å². The fourth-order valence-electron chi connectivity index (χ4n) is 2.13. The van der Waals surface area contributed by atoms with Crippen LogP contribution >= 0.6 is 0 Å². The van der Waals surface area contributed by atoms with Gasteiger partial charge in [0.25, 0.3) is 5.91 Å². The minimum Gasteiger partial charge on any atom is -0.444 e. The molecule has 1 amide bonds. The Balaban J connectivity index is 2.43. The lowest BCUT2D eigenvalue weighted by Gasteiger charge is -2.29. The topological polar surface area (TPSA) is 55.4 Å². The van der Waals surface area contributed by atoms with Crippen LogP contribution in [0.25, 0.3) is 0 Å². The van der Waals surface area contributed by atoms with Crippen molar-refractivity contribution in [2.75, 3.05) is 5.32 Å². The Kier molecular flexibility index (Phi) is 5.46. The van der Waals surface area contributed by atoms with Gasteiger partial charge in [-0.25, -0.2) is 13.2 Å². The summed E-state index contributed by atoms with van der Waals surface area (Å²) in [5.74, 6) is -4.62. The van der Waals surface area contributed by atoms with E-state index in [1.807, 2.05) is 0 Å².